The number of carbonyl (C=O) groups is 1. The van der Waals surface area contributed by atoms with E-state index in [0.717, 1.165) is 32.6 Å². The maximum Gasteiger partial charge on any atom is 0.276 e. The molecule has 2 aromatic rings. The molecule has 2 heterocycles. The Morgan fingerprint density at radius 3 is 2.61 bits per heavy atom. The number of benzene rings is 1. The molecule has 1 aliphatic heterocycles. The average molecular weight is 311 g/mol. The Kier molecular flexibility index (Phi) is 4.83. The first kappa shape index (κ1) is 15.4. The number of nitrogens with two attached hydrogens (primary N) is 1. The highest BCUT2D eigenvalue weighted by Crippen LogP contribution is 2.13. The lowest BCUT2D eigenvalue weighted by atomic mass is 10.2. The molecule has 0 saturated carbocycles. The number of amides is 1. The minimum Gasteiger partial charge on any atom is -0.382 e. The van der Waals surface area contributed by atoms with Crippen molar-refractivity contribution in [2.45, 2.75) is 13.0 Å². The van der Waals surface area contributed by atoms with Crippen molar-refractivity contribution in [3.05, 3.63) is 54.0 Å². The number of hydrogen-bond acceptors (Lipinski definition) is 5. The van der Waals surface area contributed by atoms with Gasteiger partial charge in [-0.05, 0) is 12.0 Å². The van der Waals surface area contributed by atoms with E-state index in [2.05, 4.69) is 39.1 Å². The van der Waals surface area contributed by atoms with Crippen molar-refractivity contribution in [2.75, 3.05) is 31.9 Å². The summed E-state index contributed by atoms with van der Waals surface area (Å²) < 4.78 is 0. The van der Waals surface area contributed by atoms with Crippen LogP contribution in [0.15, 0.2) is 42.7 Å². The Bertz CT molecular complexity index is 661. The molecule has 6 nitrogen and oxygen atoms in total. The number of hydrogen-bond donors (Lipinski definition) is 1. The summed E-state index contributed by atoms with van der Waals surface area (Å²) >= 11 is 0. The van der Waals surface area contributed by atoms with Crippen molar-refractivity contribution in [1.29, 1.82) is 0 Å². The standard InChI is InChI=1S/C17H21N5O/c18-16-15(19-7-8-20-16)17(23)22-10-4-9-21(11-12-22)13-14-5-2-1-3-6-14/h1-3,5-8H,4,9-13H2,(H2,18,20). The van der Waals surface area contributed by atoms with Gasteiger partial charge < -0.3 is 10.6 Å². The highest BCUT2D eigenvalue weighted by atomic mass is 16.2. The SMILES string of the molecule is Nc1nccnc1C(=O)N1CCCN(Cc2ccccc2)CC1. The van der Waals surface area contributed by atoms with Crippen LogP contribution < -0.4 is 5.73 Å². The van der Waals surface area contributed by atoms with Gasteiger partial charge in [0.15, 0.2) is 11.5 Å². The molecule has 0 aliphatic carbocycles. The van der Waals surface area contributed by atoms with Gasteiger partial charge in [0.05, 0.1) is 0 Å². The summed E-state index contributed by atoms with van der Waals surface area (Å²) in [7, 11) is 0. The van der Waals surface area contributed by atoms with Crippen molar-refractivity contribution < 1.29 is 4.79 Å². The van der Waals surface area contributed by atoms with E-state index >= 15 is 0 Å². The smallest absolute Gasteiger partial charge is 0.276 e. The largest absolute Gasteiger partial charge is 0.382 e. The fourth-order valence-corrected chi connectivity index (χ4v) is 2.84. The minimum atomic E-state index is -0.128. The molecule has 1 aromatic heterocycles. The molecule has 1 aromatic carbocycles. The third kappa shape index (κ3) is 3.84. The molecule has 0 atom stereocenters. The third-order valence-corrected chi connectivity index (χ3v) is 4.05. The predicted molar refractivity (Wildman–Crippen MR) is 88.7 cm³/mol. The summed E-state index contributed by atoms with van der Waals surface area (Å²) in [6.07, 6.45) is 3.94. The molecule has 1 saturated heterocycles. The maximum absolute atomic E-state index is 12.6. The van der Waals surface area contributed by atoms with Crippen LogP contribution in [0, 0.1) is 0 Å². The van der Waals surface area contributed by atoms with E-state index in [-0.39, 0.29) is 17.4 Å². The molecular weight excluding hydrogens is 290 g/mol. The number of nitrogens with zero attached hydrogens (tertiary/aromatic N) is 4. The summed E-state index contributed by atoms with van der Waals surface area (Å²) in [6, 6.07) is 10.4. The van der Waals surface area contributed by atoms with Gasteiger partial charge in [-0.1, -0.05) is 30.3 Å². The monoisotopic (exact) mass is 311 g/mol. The maximum atomic E-state index is 12.6. The van der Waals surface area contributed by atoms with E-state index in [4.69, 9.17) is 5.73 Å². The number of nitrogen functional groups attached to an aromatic ring is 1. The van der Waals surface area contributed by atoms with Crippen LogP contribution in [-0.2, 0) is 6.54 Å². The van der Waals surface area contributed by atoms with Gasteiger partial charge in [-0.3, -0.25) is 9.69 Å². The van der Waals surface area contributed by atoms with E-state index in [1.165, 1.54) is 18.0 Å². The minimum absolute atomic E-state index is 0.128. The summed E-state index contributed by atoms with van der Waals surface area (Å²) in [5, 5.41) is 0. The number of carbonyl (C=O) groups excluding carboxylic acids is 1. The molecule has 120 valence electrons. The zero-order valence-corrected chi connectivity index (χ0v) is 13.1. The van der Waals surface area contributed by atoms with E-state index in [0.29, 0.717) is 6.54 Å². The Morgan fingerprint density at radius 2 is 1.83 bits per heavy atom. The van der Waals surface area contributed by atoms with Crippen molar-refractivity contribution in [2.24, 2.45) is 0 Å². The fourth-order valence-electron chi connectivity index (χ4n) is 2.84. The van der Waals surface area contributed by atoms with E-state index in [1.807, 2.05) is 11.0 Å². The van der Waals surface area contributed by atoms with Crippen LogP contribution in [-0.4, -0.2) is 51.9 Å². The van der Waals surface area contributed by atoms with Crippen LogP contribution in [0.3, 0.4) is 0 Å². The molecular formula is C17H21N5O. The van der Waals surface area contributed by atoms with Crippen LogP contribution in [0.4, 0.5) is 5.82 Å². The summed E-state index contributed by atoms with van der Waals surface area (Å²) in [6.45, 7) is 4.15. The second kappa shape index (κ2) is 7.19. The van der Waals surface area contributed by atoms with Gasteiger partial charge in [0.2, 0.25) is 0 Å². The molecule has 3 rings (SSSR count). The summed E-state index contributed by atoms with van der Waals surface area (Å²) in [5.74, 6) is 0.0695. The Morgan fingerprint density at radius 1 is 1.04 bits per heavy atom. The molecule has 1 aliphatic rings. The van der Waals surface area contributed by atoms with Crippen LogP contribution in [0.5, 0.6) is 0 Å². The van der Waals surface area contributed by atoms with Crippen molar-refractivity contribution in [3.8, 4) is 0 Å². The quantitative estimate of drug-likeness (QED) is 0.927. The Balaban J connectivity index is 1.62. The second-order valence-corrected chi connectivity index (χ2v) is 5.70. The normalized spacial score (nSPS) is 16.1. The molecule has 6 heteroatoms. The molecule has 0 spiro atoms. The first-order valence-corrected chi connectivity index (χ1v) is 7.86. The average Bonchev–Trinajstić information content (AvgIpc) is 2.81. The van der Waals surface area contributed by atoms with Gasteiger partial charge >= 0.3 is 0 Å². The van der Waals surface area contributed by atoms with Crippen LogP contribution in [0.1, 0.15) is 22.5 Å². The molecule has 1 fully saturated rings. The zero-order valence-electron chi connectivity index (χ0n) is 13.1. The van der Waals surface area contributed by atoms with Gasteiger partial charge in [-0.2, -0.15) is 0 Å². The number of rotatable bonds is 3. The second-order valence-electron chi connectivity index (χ2n) is 5.70. The highest BCUT2D eigenvalue weighted by molar-refractivity contribution is 5.96. The van der Waals surface area contributed by atoms with Crippen molar-refractivity contribution in [3.63, 3.8) is 0 Å². The predicted octanol–water partition coefficient (Wildman–Crippen LogP) is 1.41. The summed E-state index contributed by atoms with van der Waals surface area (Å²) in [5.41, 5.74) is 7.32. The van der Waals surface area contributed by atoms with E-state index in [9.17, 15) is 4.79 Å². The highest BCUT2D eigenvalue weighted by Gasteiger charge is 2.23. The van der Waals surface area contributed by atoms with Gasteiger partial charge in [-0.15, -0.1) is 0 Å². The summed E-state index contributed by atoms with van der Waals surface area (Å²) in [4.78, 5) is 24.8. The lowest BCUT2D eigenvalue weighted by molar-refractivity contribution is 0.0756. The van der Waals surface area contributed by atoms with Gasteiger partial charge in [0.1, 0.15) is 0 Å². The van der Waals surface area contributed by atoms with E-state index in [1.54, 1.807) is 0 Å². The number of aromatic nitrogens is 2. The Labute approximate surface area is 135 Å². The third-order valence-electron chi connectivity index (χ3n) is 4.05. The van der Waals surface area contributed by atoms with Gasteiger partial charge in [-0.25, -0.2) is 9.97 Å². The fraction of sp³-hybridized carbons (Fsp3) is 0.353. The van der Waals surface area contributed by atoms with Crippen LogP contribution in [0.25, 0.3) is 0 Å². The first-order chi connectivity index (χ1) is 11.2. The van der Waals surface area contributed by atoms with Crippen molar-refractivity contribution >= 4 is 11.7 Å². The molecule has 0 unspecified atom stereocenters. The van der Waals surface area contributed by atoms with Crippen LogP contribution in [0.2, 0.25) is 0 Å². The molecule has 23 heavy (non-hydrogen) atoms. The molecule has 1 amide bonds. The zero-order chi connectivity index (χ0) is 16.1. The lowest BCUT2D eigenvalue weighted by Gasteiger charge is -2.22. The van der Waals surface area contributed by atoms with Crippen molar-refractivity contribution in [1.82, 2.24) is 19.8 Å². The number of anilines is 1. The van der Waals surface area contributed by atoms with Crippen LogP contribution >= 0.6 is 0 Å². The first-order valence-electron chi connectivity index (χ1n) is 7.86. The Hall–Kier alpha value is -2.47. The molecule has 0 bridgehead atoms. The topological polar surface area (TPSA) is 75.3 Å². The molecule has 0 radical (unpaired) electrons. The molecule has 2 N–H and O–H groups in total. The van der Waals surface area contributed by atoms with E-state index < -0.39 is 0 Å². The van der Waals surface area contributed by atoms with Gasteiger partial charge in [0, 0.05) is 45.1 Å². The lowest BCUT2D eigenvalue weighted by Crippen LogP contribution is -2.36. The van der Waals surface area contributed by atoms with Gasteiger partial charge in [0.25, 0.3) is 5.91 Å².